The lowest BCUT2D eigenvalue weighted by molar-refractivity contribution is 0.626. The van der Waals surface area contributed by atoms with Crippen molar-refractivity contribution in [2.75, 3.05) is 7.05 Å². The van der Waals surface area contributed by atoms with Gasteiger partial charge in [0.1, 0.15) is 0 Å². The summed E-state index contributed by atoms with van der Waals surface area (Å²) in [7, 11) is 1.86. The van der Waals surface area contributed by atoms with Crippen LogP contribution in [0.5, 0.6) is 0 Å². The minimum Gasteiger partial charge on any atom is -0.482 e. The molecule has 0 aromatic heterocycles. The second kappa shape index (κ2) is 7.57. The third-order valence-corrected chi connectivity index (χ3v) is 3.89. The van der Waals surface area contributed by atoms with E-state index in [1.807, 2.05) is 67.7 Å². The average Bonchev–Trinajstić information content (AvgIpc) is 2.67. The molecule has 0 bridgehead atoms. The highest BCUT2D eigenvalue weighted by molar-refractivity contribution is 6.04. The first kappa shape index (κ1) is 16.0. The van der Waals surface area contributed by atoms with Crippen molar-refractivity contribution in [2.45, 2.75) is 6.17 Å². The van der Waals surface area contributed by atoms with Crippen molar-refractivity contribution in [1.82, 2.24) is 5.32 Å². The van der Waals surface area contributed by atoms with Crippen molar-refractivity contribution in [3.8, 4) is 11.1 Å². The highest BCUT2D eigenvalue weighted by Crippen LogP contribution is 2.24. The van der Waals surface area contributed by atoms with E-state index in [1.165, 1.54) is 5.56 Å². The van der Waals surface area contributed by atoms with Gasteiger partial charge in [-0.3, -0.25) is 0 Å². The molecule has 2 N–H and O–H groups in total. The van der Waals surface area contributed by atoms with Gasteiger partial charge in [0.25, 0.3) is 0 Å². The monoisotopic (exact) mass is 314 g/mol. The molecule has 24 heavy (non-hydrogen) atoms. The van der Waals surface area contributed by atoms with E-state index < -0.39 is 0 Å². The molecule has 0 spiro atoms. The van der Waals surface area contributed by atoms with Crippen molar-refractivity contribution in [3.63, 3.8) is 0 Å². The Labute approximate surface area is 142 Å². The third kappa shape index (κ3) is 3.70. The van der Waals surface area contributed by atoms with E-state index in [-0.39, 0.29) is 12.0 Å². The van der Waals surface area contributed by atoms with E-state index in [0.29, 0.717) is 0 Å². The number of aliphatic imine (C=N–C) groups is 1. The number of nitrogens with one attached hydrogen (secondary N) is 2. The van der Waals surface area contributed by atoms with Crippen LogP contribution in [0, 0.1) is 0 Å². The van der Waals surface area contributed by atoms with Crippen LogP contribution in [0.3, 0.4) is 0 Å². The molecule has 0 heterocycles. The Morgan fingerprint density at radius 3 is 2.12 bits per heavy atom. The minimum absolute atomic E-state index is 0.249. The van der Waals surface area contributed by atoms with E-state index in [1.54, 1.807) is 0 Å². The Bertz CT molecular complexity index is 811. The first-order valence-electron chi connectivity index (χ1n) is 7.95. The van der Waals surface area contributed by atoms with Crippen LogP contribution >= 0.6 is 0 Å². The van der Waals surface area contributed by atoms with Crippen LogP contribution in [0.2, 0.25) is 0 Å². The van der Waals surface area contributed by atoms with Gasteiger partial charge < -0.3 is 16.0 Å². The van der Waals surface area contributed by atoms with Gasteiger partial charge in [-0.05, 0) is 35.4 Å². The molecular weight excluding hydrogens is 294 g/mol. The second-order valence-electron chi connectivity index (χ2n) is 5.53. The Hall–Kier alpha value is -2.91. The van der Waals surface area contributed by atoms with Crippen LogP contribution in [-0.4, -0.2) is 12.9 Å². The number of amidine groups is 1. The quantitative estimate of drug-likeness (QED) is 0.518. The van der Waals surface area contributed by atoms with Crippen molar-refractivity contribution >= 4 is 5.84 Å². The van der Waals surface area contributed by atoms with Gasteiger partial charge >= 0.3 is 0 Å². The number of hydrogen-bond acceptors (Lipinski definition) is 2. The number of benzene rings is 3. The number of hydrogen-bond donors (Lipinski definition) is 1. The first-order chi connectivity index (χ1) is 11.8. The molecule has 1 atom stereocenters. The number of rotatable bonds is 5. The molecule has 0 amide bonds. The maximum Gasteiger partial charge on any atom is 0.0371 e. The summed E-state index contributed by atoms with van der Waals surface area (Å²) in [5, 5.41) is 3.19. The molecule has 3 aromatic rings. The molecule has 3 heteroatoms. The average molecular weight is 314 g/mol. The first-order valence-corrected chi connectivity index (χ1v) is 7.95. The summed E-state index contributed by atoms with van der Waals surface area (Å²) in [5.41, 5.74) is 12.4. The zero-order valence-corrected chi connectivity index (χ0v) is 13.6. The van der Waals surface area contributed by atoms with Gasteiger partial charge in [0.05, 0.1) is 0 Å². The smallest absolute Gasteiger partial charge is 0.0371 e. The molecular formula is C21H20N3-. The van der Waals surface area contributed by atoms with E-state index in [2.05, 4.69) is 34.6 Å². The lowest BCUT2D eigenvalue weighted by Crippen LogP contribution is -2.16. The van der Waals surface area contributed by atoms with Gasteiger partial charge in [0.2, 0.25) is 0 Å². The fraction of sp³-hybridized carbons (Fsp3) is 0.0952. The van der Waals surface area contributed by atoms with E-state index in [9.17, 15) is 0 Å². The normalized spacial score (nSPS) is 12.8. The Balaban J connectivity index is 1.92. The molecule has 0 fully saturated rings. The van der Waals surface area contributed by atoms with Crippen molar-refractivity contribution < 1.29 is 0 Å². The maximum absolute atomic E-state index is 8.22. The number of nitrogens with zero attached hydrogens (tertiary/aromatic N) is 1. The van der Waals surface area contributed by atoms with Crippen LogP contribution in [0.1, 0.15) is 17.3 Å². The van der Waals surface area contributed by atoms with Gasteiger partial charge in [-0.15, -0.1) is 0 Å². The molecule has 120 valence electrons. The summed E-state index contributed by atoms with van der Waals surface area (Å²) >= 11 is 0. The predicted octanol–water partition coefficient (Wildman–Crippen LogP) is 5.07. The largest absolute Gasteiger partial charge is 0.482 e. The van der Waals surface area contributed by atoms with E-state index in [4.69, 9.17) is 5.73 Å². The fourth-order valence-corrected chi connectivity index (χ4v) is 2.62. The standard InChI is InChI=1S/C21H20N3/c1-23-21(24-20(22)17-11-6-3-7-12-17)19-14-8-13-18(15-19)16-9-4-2-5-10-16/h2-15,21,23H,1H3,(H-,22,24)/q-1. The summed E-state index contributed by atoms with van der Waals surface area (Å²) in [5.74, 6) is 0.278. The minimum atomic E-state index is -0.249. The highest BCUT2D eigenvalue weighted by atomic mass is 15.1. The van der Waals surface area contributed by atoms with E-state index >= 15 is 0 Å². The Kier molecular flexibility index (Phi) is 5.04. The molecule has 0 aliphatic heterocycles. The van der Waals surface area contributed by atoms with Crippen molar-refractivity contribution in [2.24, 2.45) is 4.99 Å². The second-order valence-corrected chi connectivity index (χ2v) is 5.53. The van der Waals surface area contributed by atoms with Gasteiger partial charge in [-0.1, -0.05) is 84.7 Å². The van der Waals surface area contributed by atoms with Gasteiger partial charge in [-0.2, -0.15) is 0 Å². The zero-order valence-electron chi connectivity index (χ0n) is 13.6. The molecule has 0 radical (unpaired) electrons. The summed E-state index contributed by atoms with van der Waals surface area (Å²) in [4.78, 5) is 4.54. The highest BCUT2D eigenvalue weighted by Gasteiger charge is 2.05. The fourth-order valence-electron chi connectivity index (χ4n) is 2.62. The van der Waals surface area contributed by atoms with Crippen molar-refractivity contribution in [1.29, 1.82) is 0 Å². The lowest BCUT2D eigenvalue weighted by Gasteiger charge is -2.22. The summed E-state index contributed by atoms with van der Waals surface area (Å²) in [6, 6.07) is 28.1. The Morgan fingerprint density at radius 1 is 0.833 bits per heavy atom. The molecule has 1 unspecified atom stereocenters. The summed E-state index contributed by atoms with van der Waals surface area (Å²) < 4.78 is 0. The molecule has 0 saturated carbocycles. The van der Waals surface area contributed by atoms with Crippen LogP contribution < -0.4 is 5.32 Å². The Morgan fingerprint density at radius 2 is 1.46 bits per heavy atom. The summed E-state index contributed by atoms with van der Waals surface area (Å²) in [6.07, 6.45) is -0.249. The van der Waals surface area contributed by atoms with Crippen LogP contribution in [0.15, 0.2) is 89.9 Å². The van der Waals surface area contributed by atoms with Crippen molar-refractivity contribution in [3.05, 3.63) is 102 Å². The molecule has 0 saturated heterocycles. The van der Waals surface area contributed by atoms with Gasteiger partial charge in [-0.25, -0.2) is 0 Å². The molecule has 3 aromatic carbocycles. The zero-order chi connectivity index (χ0) is 16.8. The van der Waals surface area contributed by atoms with Crippen LogP contribution in [-0.2, 0) is 0 Å². The van der Waals surface area contributed by atoms with Gasteiger partial charge in [0, 0.05) is 6.17 Å². The van der Waals surface area contributed by atoms with Gasteiger partial charge in [0.15, 0.2) is 0 Å². The van der Waals surface area contributed by atoms with Crippen LogP contribution in [0.4, 0.5) is 0 Å². The topological polar surface area (TPSA) is 48.2 Å². The lowest BCUT2D eigenvalue weighted by atomic mass is 10.0. The van der Waals surface area contributed by atoms with Crippen LogP contribution in [0.25, 0.3) is 16.9 Å². The van der Waals surface area contributed by atoms with E-state index in [0.717, 1.165) is 16.7 Å². The molecule has 0 aliphatic rings. The summed E-state index contributed by atoms with van der Waals surface area (Å²) in [6.45, 7) is 0. The maximum atomic E-state index is 8.22. The molecule has 3 nitrogen and oxygen atoms in total. The third-order valence-electron chi connectivity index (χ3n) is 3.89. The predicted molar refractivity (Wildman–Crippen MR) is 101 cm³/mol. The SMILES string of the molecule is CNC(/N=C(\[NH-])c1ccccc1)c1cccc(-c2ccccc2)c1. The molecule has 3 rings (SSSR count). The molecule has 0 aliphatic carbocycles.